The molecule has 0 aliphatic carbocycles. The van der Waals surface area contributed by atoms with Crippen molar-refractivity contribution < 1.29 is 22.8 Å². The number of halogens is 3. The van der Waals surface area contributed by atoms with Gasteiger partial charge in [-0.2, -0.15) is 13.2 Å². The minimum absolute atomic E-state index is 0.0260. The lowest BCUT2D eigenvalue weighted by molar-refractivity contribution is -0.137. The zero-order valence-electron chi connectivity index (χ0n) is 16.1. The van der Waals surface area contributed by atoms with Crippen molar-refractivity contribution in [3.05, 3.63) is 53.7 Å². The predicted octanol–water partition coefficient (Wildman–Crippen LogP) is 4.23. The maximum Gasteiger partial charge on any atom is 0.416 e. The maximum absolute atomic E-state index is 12.7. The van der Waals surface area contributed by atoms with Gasteiger partial charge >= 0.3 is 6.18 Å². The van der Waals surface area contributed by atoms with Crippen LogP contribution in [-0.4, -0.2) is 46.6 Å². The predicted molar refractivity (Wildman–Crippen MR) is 107 cm³/mol. The number of alkyl halides is 3. The minimum atomic E-state index is -4.40. The molecule has 5 nitrogen and oxygen atoms in total. The van der Waals surface area contributed by atoms with Gasteiger partial charge in [0.05, 0.1) is 21.4 Å². The van der Waals surface area contributed by atoms with Crippen molar-refractivity contribution in [2.24, 2.45) is 0 Å². The van der Waals surface area contributed by atoms with Gasteiger partial charge in [-0.25, -0.2) is 4.98 Å². The normalized spacial score (nSPS) is 19.6. The molecule has 2 aliphatic heterocycles. The Hall–Kier alpha value is -2.55. The van der Waals surface area contributed by atoms with Gasteiger partial charge in [-0.3, -0.25) is 9.59 Å². The van der Waals surface area contributed by atoms with Crippen LogP contribution in [0.15, 0.2) is 47.6 Å². The van der Waals surface area contributed by atoms with E-state index in [1.807, 2.05) is 4.90 Å². The second-order valence-electron chi connectivity index (χ2n) is 7.31. The van der Waals surface area contributed by atoms with Crippen LogP contribution in [0, 0.1) is 0 Å². The van der Waals surface area contributed by atoms with Crippen LogP contribution < -0.4 is 4.90 Å². The zero-order valence-corrected chi connectivity index (χ0v) is 16.9. The van der Waals surface area contributed by atoms with Crippen molar-refractivity contribution in [2.45, 2.75) is 35.7 Å². The smallest absolute Gasteiger partial charge is 0.339 e. The Morgan fingerprint density at radius 2 is 1.73 bits per heavy atom. The number of anilines is 1. The topological polar surface area (TPSA) is 53.5 Å². The lowest BCUT2D eigenvalue weighted by atomic mass is 10.2. The molecule has 2 aliphatic rings. The Labute approximate surface area is 176 Å². The number of benzene rings is 1. The molecule has 1 atom stereocenters. The van der Waals surface area contributed by atoms with Crippen LogP contribution >= 0.6 is 11.8 Å². The summed E-state index contributed by atoms with van der Waals surface area (Å²) in [5.74, 6) is -0.180. The van der Waals surface area contributed by atoms with E-state index in [2.05, 4.69) is 4.98 Å². The fourth-order valence-corrected chi connectivity index (χ4v) is 4.68. The molecular formula is C21H20F3N3O2S. The molecule has 0 saturated carbocycles. The highest BCUT2D eigenvalue weighted by molar-refractivity contribution is 8.00. The first-order valence-corrected chi connectivity index (χ1v) is 10.6. The second kappa shape index (κ2) is 8.29. The largest absolute Gasteiger partial charge is 0.416 e. The third kappa shape index (κ3) is 4.30. The number of carbonyl (C=O) groups excluding carboxylic acids is 2. The fraction of sp³-hybridized carbons (Fsp3) is 0.381. The molecular weight excluding hydrogens is 415 g/mol. The molecule has 1 aromatic carbocycles. The molecule has 9 heteroatoms. The summed E-state index contributed by atoms with van der Waals surface area (Å²) in [7, 11) is 0. The van der Waals surface area contributed by atoms with Gasteiger partial charge in [-0.15, -0.1) is 0 Å². The van der Waals surface area contributed by atoms with Gasteiger partial charge in [0.15, 0.2) is 0 Å². The summed E-state index contributed by atoms with van der Waals surface area (Å²) in [4.78, 5) is 32.8. The maximum atomic E-state index is 12.7. The number of hydrogen-bond donors (Lipinski definition) is 0. The SMILES string of the molecule is O=C(c1ccc(SC2CCN(c3ccc(C(F)(F)F)cc3)C2=O)nc1)N1CCCC1. The van der Waals surface area contributed by atoms with Gasteiger partial charge in [0, 0.05) is 31.5 Å². The van der Waals surface area contributed by atoms with Crippen LogP contribution in [-0.2, 0) is 11.0 Å². The summed E-state index contributed by atoms with van der Waals surface area (Å²) >= 11 is 1.31. The Balaban J connectivity index is 1.39. The highest BCUT2D eigenvalue weighted by Crippen LogP contribution is 2.34. The molecule has 2 amide bonds. The Kier molecular flexibility index (Phi) is 5.73. The minimum Gasteiger partial charge on any atom is -0.339 e. The van der Waals surface area contributed by atoms with E-state index in [1.54, 1.807) is 12.1 Å². The summed E-state index contributed by atoms with van der Waals surface area (Å²) in [6.07, 6.45) is -0.255. The zero-order chi connectivity index (χ0) is 21.3. The van der Waals surface area contributed by atoms with Crippen molar-refractivity contribution in [1.82, 2.24) is 9.88 Å². The van der Waals surface area contributed by atoms with Gasteiger partial charge in [-0.1, -0.05) is 11.8 Å². The van der Waals surface area contributed by atoms with Crippen LogP contribution in [0.3, 0.4) is 0 Å². The van der Waals surface area contributed by atoms with Gasteiger partial charge in [0.1, 0.15) is 0 Å². The van der Waals surface area contributed by atoms with Gasteiger partial charge in [0.2, 0.25) is 5.91 Å². The third-order valence-electron chi connectivity index (χ3n) is 5.30. The second-order valence-corrected chi connectivity index (χ2v) is 8.54. The van der Waals surface area contributed by atoms with Crippen molar-refractivity contribution in [2.75, 3.05) is 24.5 Å². The summed E-state index contributed by atoms with van der Waals surface area (Å²) in [6, 6.07) is 8.09. The molecule has 2 aromatic rings. The summed E-state index contributed by atoms with van der Waals surface area (Å²) in [6.45, 7) is 1.98. The van der Waals surface area contributed by atoms with Crippen molar-refractivity contribution in [1.29, 1.82) is 0 Å². The number of amides is 2. The number of likely N-dealkylation sites (tertiary alicyclic amines) is 1. The average Bonchev–Trinajstić information content (AvgIpc) is 3.38. The number of rotatable bonds is 4. The first kappa shape index (κ1) is 20.7. The van der Waals surface area contributed by atoms with E-state index >= 15 is 0 Å². The van der Waals surface area contributed by atoms with Crippen molar-refractivity contribution in [3.63, 3.8) is 0 Å². The molecule has 4 rings (SSSR count). The number of nitrogens with zero attached hydrogens (tertiary/aromatic N) is 3. The fourth-order valence-electron chi connectivity index (χ4n) is 3.67. The van der Waals surface area contributed by atoms with Gasteiger partial charge < -0.3 is 9.80 Å². The Bertz CT molecular complexity index is 926. The van der Waals surface area contributed by atoms with Crippen LogP contribution in [0.4, 0.5) is 18.9 Å². The molecule has 30 heavy (non-hydrogen) atoms. The number of pyridine rings is 1. The number of carbonyl (C=O) groups is 2. The summed E-state index contributed by atoms with van der Waals surface area (Å²) in [5.41, 5.74) is 0.248. The molecule has 0 N–H and O–H groups in total. The molecule has 2 fully saturated rings. The van der Waals surface area contributed by atoms with E-state index in [4.69, 9.17) is 0 Å². The standard InChI is InChI=1S/C21H20F3N3O2S/c22-21(23,24)15-4-6-16(7-5-15)27-12-9-17(20(27)29)30-18-8-3-14(13-25-18)19(28)26-10-1-2-11-26/h3-8,13,17H,1-2,9-12H2. The van der Waals surface area contributed by atoms with Crippen LogP contribution in [0.5, 0.6) is 0 Å². The number of aromatic nitrogens is 1. The molecule has 158 valence electrons. The van der Waals surface area contributed by atoms with E-state index in [1.165, 1.54) is 35.0 Å². The van der Waals surface area contributed by atoms with Gasteiger partial charge in [-0.05, 0) is 55.7 Å². The first-order valence-electron chi connectivity index (χ1n) is 9.73. The van der Waals surface area contributed by atoms with E-state index in [0.29, 0.717) is 29.2 Å². The molecule has 1 unspecified atom stereocenters. The van der Waals surface area contributed by atoms with E-state index in [-0.39, 0.29) is 17.1 Å². The van der Waals surface area contributed by atoms with Crippen LogP contribution in [0.1, 0.15) is 35.2 Å². The molecule has 2 saturated heterocycles. The van der Waals surface area contributed by atoms with Crippen molar-refractivity contribution >= 4 is 29.3 Å². The Morgan fingerprint density at radius 1 is 1.03 bits per heavy atom. The number of hydrogen-bond acceptors (Lipinski definition) is 4. The highest BCUT2D eigenvalue weighted by Gasteiger charge is 2.35. The van der Waals surface area contributed by atoms with Crippen LogP contribution in [0.2, 0.25) is 0 Å². The lowest BCUT2D eigenvalue weighted by Crippen LogP contribution is -2.28. The Morgan fingerprint density at radius 3 is 2.33 bits per heavy atom. The van der Waals surface area contributed by atoms with Crippen molar-refractivity contribution in [3.8, 4) is 0 Å². The van der Waals surface area contributed by atoms with E-state index in [0.717, 1.165) is 38.1 Å². The molecule has 3 heterocycles. The lowest BCUT2D eigenvalue weighted by Gasteiger charge is -2.17. The highest BCUT2D eigenvalue weighted by atomic mass is 32.2. The molecule has 0 radical (unpaired) electrons. The van der Waals surface area contributed by atoms with Gasteiger partial charge in [0.25, 0.3) is 5.91 Å². The number of thioether (sulfide) groups is 1. The van der Waals surface area contributed by atoms with E-state index in [9.17, 15) is 22.8 Å². The third-order valence-corrected chi connectivity index (χ3v) is 6.51. The molecule has 0 spiro atoms. The average molecular weight is 435 g/mol. The summed E-state index contributed by atoms with van der Waals surface area (Å²) in [5, 5.41) is 0.278. The summed E-state index contributed by atoms with van der Waals surface area (Å²) < 4.78 is 38.2. The van der Waals surface area contributed by atoms with E-state index < -0.39 is 11.7 Å². The van der Waals surface area contributed by atoms with Crippen LogP contribution in [0.25, 0.3) is 0 Å². The molecule has 0 bridgehead atoms. The molecule has 1 aromatic heterocycles. The quantitative estimate of drug-likeness (QED) is 0.721. The first-order chi connectivity index (χ1) is 14.3. The monoisotopic (exact) mass is 435 g/mol.